The summed E-state index contributed by atoms with van der Waals surface area (Å²) < 4.78 is 24.8. The van der Waals surface area contributed by atoms with Gasteiger partial charge in [0.15, 0.2) is 0 Å². The van der Waals surface area contributed by atoms with Gasteiger partial charge < -0.3 is 20.6 Å². The number of carboxylic acids is 1. The predicted molar refractivity (Wildman–Crippen MR) is 43.2 cm³/mol. The first kappa shape index (κ1) is 13.2. The number of carbonyl (C=O) groups is 1. The molecule has 4 N–H and O–H groups in total. The van der Waals surface area contributed by atoms with Crippen molar-refractivity contribution in [3.63, 3.8) is 0 Å². The lowest BCUT2D eigenvalue weighted by atomic mass is 10.1. The number of aliphatic hydroxyl groups excluding tert-OH is 1. The van der Waals surface area contributed by atoms with E-state index in [0.29, 0.717) is 0 Å². The largest absolute Gasteiger partial charge is 0.477 e. The second-order valence-electron chi connectivity index (χ2n) is 3.27. The van der Waals surface area contributed by atoms with Crippen LogP contribution in [0.4, 0.5) is 8.78 Å². The summed E-state index contributed by atoms with van der Waals surface area (Å²) in [6.45, 7) is -0.762. The molecule has 84 valence electrons. The second kappa shape index (κ2) is 4.63. The van der Waals surface area contributed by atoms with E-state index in [0.717, 1.165) is 0 Å². The Bertz CT molecular complexity index is 208. The Hall–Kier alpha value is -0.790. The van der Waals surface area contributed by atoms with Gasteiger partial charge in [0.1, 0.15) is 0 Å². The lowest BCUT2D eigenvalue weighted by Crippen LogP contribution is -2.47. The Labute approximate surface area is 79.4 Å². The highest BCUT2D eigenvalue weighted by molar-refractivity contribution is 5.75. The van der Waals surface area contributed by atoms with Crippen molar-refractivity contribution < 1.29 is 28.9 Å². The maximum atomic E-state index is 12.4. The summed E-state index contributed by atoms with van der Waals surface area (Å²) in [4.78, 5) is 9.94. The quantitative estimate of drug-likeness (QED) is 0.456. The van der Waals surface area contributed by atoms with Gasteiger partial charge in [-0.3, -0.25) is 0 Å². The molecular formula is C7H13F2NO4. The molecule has 7 heteroatoms. The van der Waals surface area contributed by atoms with Crippen molar-refractivity contribution in [1.29, 1.82) is 0 Å². The van der Waals surface area contributed by atoms with E-state index in [1.165, 1.54) is 6.92 Å². The van der Waals surface area contributed by atoms with Crippen molar-refractivity contribution >= 4 is 5.97 Å². The van der Waals surface area contributed by atoms with Crippen LogP contribution in [0, 0.1) is 0 Å². The molecule has 0 fully saturated rings. The van der Waals surface area contributed by atoms with Gasteiger partial charge in [0.2, 0.25) is 0 Å². The molecule has 0 spiro atoms. The smallest absolute Gasteiger partial charge is 0.375 e. The summed E-state index contributed by atoms with van der Waals surface area (Å²) in [7, 11) is 0. The molecule has 0 aromatic carbocycles. The van der Waals surface area contributed by atoms with Gasteiger partial charge in [-0.1, -0.05) is 0 Å². The molecule has 0 aliphatic carbocycles. The number of hydrogen-bond acceptors (Lipinski definition) is 4. The number of nitrogens with one attached hydrogen (secondary N) is 1. The normalized spacial score (nSPS) is 16.4. The molecule has 0 rings (SSSR count). The second-order valence-corrected chi connectivity index (χ2v) is 3.27. The van der Waals surface area contributed by atoms with Gasteiger partial charge in [-0.15, -0.1) is 0 Å². The standard InChI is InChI=1S/C7H13F2NO4/c1-6(14,4-11)2-10-3-7(8,9)5(12)13/h10-11,14H,2-4H2,1H3,(H,12,13). The summed E-state index contributed by atoms with van der Waals surface area (Å²) >= 11 is 0. The molecule has 0 saturated heterocycles. The molecule has 0 saturated carbocycles. The summed E-state index contributed by atoms with van der Waals surface area (Å²) in [5, 5.41) is 27.8. The predicted octanol–water partition coefficient (Wildman–Crippen LogP) is -0.961. The van der Waals surface area contributed by atoms with Gasteiger partial charge in [-0.25, -0.2) is 4.79 Å². The van der Waals surface area contributed by atoms with Crippen LogP contribution in [0.5, 0.6) is 0 Å². The van der Waals surface area contributed by atoms with Crippen molar-refractivity contribution in [3.8, 4) is 0 Å². The number of halogens is 2. The van der Waals surface area contributed by atoms with E-state index in [-0.39, 0.29) is 6.54 Å². The van der Waals surface area contributed by atoms with Crippen LogP contribution in [0.2, 0.25) is 0 Å². The number of aliphatic carboxylic acids is 1. The molecule has 0 amide bonds. The SMILES string of the molecule is CC(O)(CO)CNCC(F)(F)C(=O)O. The minimum absolute atomic E-state index is 0.313. The number of alkyl halides is 2. The van der Waals surface area contributed by atoms with Crippen LogP contribution in [0.1, 0.15) is 6.92 Å². The average Bonchev–Trinajstić information content (AvgIpc) is 2.03. The van der Waals surface area contributed by atoms with Gasteiger partial charge in [0.25, 0.3) is 0 Å². The first-order chi connectivity index (χ1) is 6.21. The molecule has 14 heavy (non-hydrogen) atoms. The zero-order chi connectivity index (χ0) is 11.4. The topological polar surface area (TPSA) is 89.8 Å². The minimum Gasteiger partial charge on any atom is -0.477 e. The first-order valence-electron chi connectivity index (χ1n) is 3.86. The van der Waals surface area contributed by atoms with Gasteiger partial charge in [-0.05, 0) is 6.92 Å². The maximum Gasteiger partial charge on any atom is 0.375 e. The van der Waals surface area contributed by atoms with Crippen LogP contribution < -0.4 is 5.32 Å². The average molecular weight is 213 g/mol. The monoisotopic (exact) mass is 213 g/mol. The molecule has 0 aromatic rings. The van der Waals surface area contributed by atoms with E-state index in [2.05, 4.69) is 5.32 Å². The third kappa shape index (κ3) is 4.45. The third-order valence-electron chi connectivity index (χ3n) is 1.51. The van der Waals surface area contributed by atoms with Crippen LogP contribution in [-0.4, -0.2) is 52.5 Å². The Balaban J connectivity index is 3.91. The lowest BCUT2D eigenvalue weighted by Gasteiger charge is -2.21. The number of aliphatic hydroxyl groups is 2. The Kier molecular flexibility index (Phi) is 4.37. The fraction of sp³-hybridized carbons (Fsp3) is 0.857. The molecule has 0 aromatic heterocycles. The molecule has 1 atom stereocenters. The fourth-order valence-corrected chi connectivity index (χ4v) is 0.620. The van der Waals surface area contributed by atoms with E-state index >= 15 is 0 Å². The summed E-state index contributed by atoms with van der Waals surface area (Å²) in [5.41, 5.74) is -1.53. The zero-order valence-electron chi connectivity index (χ0n) is 7.63. The van der Waals surface area contributed by atoms with E-state index < -0.39 is 30.6 Å². The highest BCUT2D eigenvalue weighted by Gasteiger charge is 2.38. The maximum absolute atomic E-state index is 12.4. The van der Waals surface area contributed by atoms with E-state index in [1.54, 1.807) is 0 Å². The van der Waals surface area contributed by atoms with Crippen LogP contribution in [0.3, 0.4) is 0 Å². The highest BCUT2D eigenvalue weighted by Crippen LogP contribution is 2.11. The molecule has 0 radical (unpaired) electrons. The molecule has 5 nitrogen and oxygen atoms in total. The first-order valence-corrected chi connectivity index (χ1v) is 3.86. The summed E-state index contributed by atoms with van der Waals surface area (Å²) in [5.74, 6) is -6.10. The Morgan fingerprint density at radius 2 is 1.93 bits per heavy atom. The minimum atomic E-state index is -3.87. The van der Waals surface area contributed by atoms with Crippen molar-refractivity contribution in [2.75, 3.05) is 19.7 Å². The number of rotatable bonds is 6. The summed E-state index contributed by atoms with van der Waals surface area (Å²) in [6.07, 6.45) is 0. The van der Waals surface area contributed by atoms with E-state index in [1.807, 2.05) is 0 Å². The number of hydrogen-bond donors (Lipinski definition) is 4. The molecule has 0 aliphatic rings. The van der Waals surface area contributed by atoms with Gasteiger partial charge in [0.05, 0.1) is 18.8 Å². The van der Waals surface area contributed by atoms with Crippen LogP contribution in [0.25, 0.3) is 0 Å². The highest BCUT2D eigenvalue weighted by atomic mass is 19.3. The van der Waals surface area contributed by atoms with Crippen molar-refractivity contribution in [2.24, 2.45) is 0 Å². The van der Waals surface area contributed by atoms with E-state index in [9.17, 15) is 13.6 Å². The van der Waals surface area contributed by atoms with E-state index in [4.69, 9.17) is 15.3 Å². The zero-order valence-corrected chi connectivity index (χ0v) is 7.63. The Morgan fingerprint density at radius 1 is 1.43 bits per heavy atom. The molecular weight excluding hydrogens is 200 g/mol. The summed E-state index contributed by atoms with van der Waals surface area (Å²) in [6, 6.07) is 0. The van der Waals surface area contributed by atoms with Crippen LogP contribution in [-0.2, 0) is 4.79 Å². The third-order valence-corrected chi connectivity index (χ3v) is 1.51. The van der Waals surface area contributed by atoms with Crippen molar-refractivity contribution in [1.82, 2.24) is 5.32 Å². The fourth-order valence-electron chi connectivity index (χ4n) is 0.620. The van der Waals surface area contributed by atoms with Crippen LogP contribution in [0.15, 0.2) is 0 Å². The molecule has 1 unspecified atom stereocenters. The molecule has 0 heterocycles. The molecule has 0 aliphatic heterocycles. The van der Waals surface area contributed by atoms with Crippen LogP contribution >= 0.6 is 0 Å². The Morgan fingerprint density at radius 3 is 2.29 bits per heavy atom. The van der Waals surface area contributed by atoms with Gasteiger partial charge >= 0.3 is 11.9 Å². The molecule has 0 bridgehead atoms. The lowest BCUT2D eigenvalue weighted by molar-refractivity contribution is -0.164. The van der Waals surface area contributed by atoms with Crippen molar-refractivity contribution in [2.45, 2.75) is 18.4 Å². The van der Waals surface area contributed by atoms with Gasteiger partial charge in [-0.2, -0.15) is 8.78 Å². The van der Waals surface area contributed by atoms with Crippen molar-refractivity contribution in [3.05, 3.63) is 0 Å². The number of carboxylic acid groups (broad SMARTS) is 1. The van der Waals surface area contributed by atoms with Gasteiger partial charge in [0, 0.05) is 6.54 Å².